The Bertz CT molecular complexity index is 914. The van der Waals surface area contributed by atoms with Crippen LogP contribution in [0.2, 0.25) is 0 Å². The van der Waals surface area contributed by atoms with Gasteiger partial charge in [0.25, 0.3) is 10.0 Å². The maximum Gasteiger partial charge on any atom is 0.333 e. The van der Waals surface area contributed by atoms with E-state index in [1.165, 1.54) is 25.6 Å². The van der Waals surface area contributed by atoms with Crippen molar-refractivity contribution in [3.05, 3.63) is 40.4 Å². The molecule has 0 aliphatic heterocycles. The van der Waals surface area contributed by atoms with E-state index >= 15 is 0 Å². The Morgan fingerprint density at radius 3 is 2.76 bits per heavy atom. The summed E-state index contributed by atoms with van der Waals surface area (Å²) in [7, 11) is -4.10. The number of nitrogens with one attached hydrogen (secondary N) is 2. The largest absolute Gasteiger partial charge is 0.385 e. The van der Waals surface area contributed by atoms with Gasteiger partial charge in [0.15, 0.2) is 0 Å². The zero-order valence-electron chi connectivity index (χ0n) is 13.9. The fourth-order valence-corrected chi connectivity index (χ4v) is 4.77. The molecule has 0 fully saturated rings. The number of carbonyl (C=O) groups is 1. The highest BCUT2D eigenvalue weighted by molar-refractivity contribution is 7.92. The molecule has 1 aromatic carbocycles. The number of aliphatic hydroxyl groups is 1. The Balaban J connectivity index is 1.74. The van der Waals surface area contributed by atoms with Gasteiger partial charge in [-0.05, 0) is 50.3 Å². The summed E-state index contributed by atoms with van der Waals surface area (Å²) in [6, 6.07) is 4.77. The summed E-state index contributed by atoms with van der Waals surface area (Å²) in [6.45, 7) is 3.07. The van der Waals surface area contributed by atoms with E-state index in [0.717, 1.165) is 36.2 Å². The number of rotatable bonds is 4. The van der Waals surface area contributed by atoms with Crippen LogP contribution in [0.1, 0.15) is 36.3 Å². The van der Waals surface area contributed by atoms with Crippen LogP contribution >= 0.6 is 11.3 Å². The number of amides is 2. The number of aromatic nitrogens is 1. The molecule has 0 radical (unpaired) electrons. The Hall–Kier alpha value is -1.97. The third kappa shape index (κ3) is 3.83. The first-order valence-corrected chi connectivity index (χ1v) is 10.1. The van der Waals surface area contributed by atoms with Crippen LogP contribution in [0, 0.1) is 0 Å². The first-order valence-electron chi connectivity index (χ1n) is 7.80. The molecule has 3 N–H and O–H groups in total. The predicted octanol–water partition coefficient (Wildman–Crippen LogP) is 2.37. The number of benzene rings is 1. The van der Waals surface area contributed by atoms with Crippen LogP contribution in [0.5, 0.6) is 0 Å². The van der Waals surface area contributed by atoms with Gasteiger partial charge in [0, 0.05) is 11.9 Å². The lowest BCUT2D eigenvalue weighted by Gasteiger charge is -2.13. The molecule has 0 saturated heterocycles. The molecule has 7 nitrogen and oxygen atoms in total. The molecule has 25 heavy (non-hydrogen) atoms. The highest BCUT2D eigenvalue weighted by atomic mass is 32.2. The number of nitrogens with zero attached hydrogens (tertiary/aromatic N) is 1. The van der Waals surface area contributed by atoms with Crippen molar-refractivity contribution in [1.29, 1.82) is 0 Å². The van der Waals surface area contributed by atoms with Gasteiger partial charge in [-0.15, -0.1) is 11.3 Å². The van der Waals surface area contributed by atoms with Crippen LogP contribution in [0.4, 0.5) is 10.5 Å². The number of hydrogen-bond acceptors (Lipinski definition) is 6. The normalized spacial score (nSPS) is 14.2. The van der Waals surface area contributed by atoms with Gasteiger partial charge in [-0.1, -0.05) is 12.1 Å². The molecule has 0 atom stereocenters. The molecular formula is C16H19N3O4S2. The zero-order valence-corrected chi connectivity index (χ0v) is 15.5. The van der Waals surface area contributed by atoms with E-state index in [4.69, 9.17) is 0 Å². The number of carbonyl (C=O) groups excluding carboxylic acids is 1. The van der Waals surface area contributed by atoms with Crippen molar-refractivity contribution >= 4 is 33.1 Å². The number of hydrogen-bond donors (Lipinski definition) is 3. The van der Waals surface area contributed by atoms with Crippen molar-refractivity contribution in [2.24, 2.45) is 0 Å². The van der Waals surface area contributed by atoms with Gasteiger partial charge in [-0.25, -0.2) is 14.5 Å². The average molecular weight is 381 g/mol. The second-order valence-corrected chi connectivity index (χ2v) is 9.29. The molecule has 1 heterocycles. The number of thiazole rings is 1. The smallest absolute Gasteiger partial charge is 0.333 e. The summed E-state index contributed by atoms with van der Waals surface area (Å²) >= 11 is 0.824. The average Bonchev–Trinajstić information content (AvgIpc) is 3.16. The number of urea groups is 1. The van der Waals surface area contributed by atoms with Gasteiger partial charge in [0.2, 0.25) is 4.34 Å². The summed E-state index contributed by atoms with van der Waals surface area (Å²) in [6.07, 6.45) is 4.14. The molecule has 0 unspecified atom stereocenters. The predicted molar refractivity (Wildman–Crippen MR) is 95.2 cm³/mol. The van der Waals surface area contributed by atoms with E-state index in [1.807, 2.05) is 16.9 Å². The van der Waals surface area contributed by atoms with Gasteiger partial charge in [-0.3, -0.25) is 0 Å². The summed E-state index contributed by atoms with van der Waals surface area (Å²) in [5.41, 5.74) is 1.65. The highest BCUT2D eigenvalue weighted by Gasteiger charge is 2.26. The fraction of sp³-hybridized carbons (Fsp3) is 0.375. The topological polar surface area (TPSA) is 108 Å². The van der Waals surface area contributed by atoms with Crippen molar-refractivity contribution in [3.63, 3.8) is 0 Å². The van der Waals surface area contributed by atoms with Crippen LogP contribution in [0.15, 0.2) is 28.7 Å². The number of aryl methyl sites for hydroxylation is 1. The Morgan fingerprint density at radius 2 is 2.08 bits per heavy atom. The van der Waals surface area contributed by atoms with Crippen molar-refractivity contribution in [2.45, 2.75) is 43.1 Å². The number of fused-ring (bicyclic) bond motifs is 1. The lowest BCUT2D eigenvalue weighted by atomic mass is 10.1. The van der Waals surface area contributed by atoms with E-state index in [9.17, 15) is 18.3 Å². The fourth-order valence-electron chi connectivity index (χ4n) is 2.72. The van der Waals surface area contributed by atoms with Crippen molar-refractivity contribution in [3.8, 4) is 0 Å². The Kier molecular flexibility index (Phi) is 4.56. The summed E-state index contributed by atoms with van der Waals surface area (Å²) in [5, 5.41) is 12.5. The van der Waals surface area contributed by atoms with E-state index in [0.29, 0.717) is 10.6 Å². The SMILES string of the molecule is CC(C)(O)c1cnc(S(=O)(=O)NC(=O)Nc2cccc3c2CCC3)s1. The zero-order chi connectivity index (χ0) is 18.2. The molecule has 1 aliphatic carbocycles. The van der Waals surface area contributed by atoms with Crippen LogP contribution in [-0.2, 0) is 28.5 Å². The summed E-state index contributed by atoms with van der Waals surface area (Å²) in [5.74, 6) is 0. The molecule has 2 aromatic rings. The number of anilines is 1. The van der Waals surface area contributed by atoms with Crippen LogP contribution in [0.25, 0.3) is 0 Å². The first-order chi connectivity index (χ1) is 11.7. The molecule has 0 spiro atoms. The van der Waals surface area contributed by atoms with Crippen molar-refractivity contribution in [1.82, 2.24) is 9.71 Å². The molecule has 1 aliphatic rings. The summed E-state index contributed by atoms with van der Waals surface area (Å²) in [4.78, 5) is 16.3. The third-order valence-corrected chi connectivity index (χ3v) is 6.97. The van der Waals surface area contributed by atoms with Gasteiger partial charge < -0.3 is 10.4 Å². The number of sulfonamides is 1. The summed E-state index contributed by atoms with van der Waals surface area (Å²) < 4.78 is 26.3. The van der Waals surface area contributed by atoms with Gasteiger partial charge >= 0.3 is 6.03 Å². The van der Waals surface area contributed by atoms with E-state index in [2.05, 4.69) is 10.3 Å². The van der Waals surface area contributed by atoms with Crippen molar-refractivity contribution in [2.75, 3.05) is 5.32 Å². The second-order valence-electron chi connectivity index (χ2n) is 6.41. The van der Waals surface area contributed by atoms with Gasteiger partial charge in [0.05, 0.1) is 10.5 Å². The van der Waals surface area contributed by atoms with Crippen molar-refractivity contribution < 1.29 is 18.3 Å². The molecular weight excluding hydrogens is 362 g/mol. The Labute approximate surface area is 150 Å². The minimum atomic E-state index is -4.10. The van der Waals surface area contributed by atoms with E-state index in [-0.39, 0.29) is 4.34 Å². The molecule has 134 valence electrons. The quantitative estimate of drug-likeness (QED) is 0.753. The van der Waals surface area contributed by atoms with Gasteiger partial charge in [-0.2, -0.15) is 8.42 Å². The van der Waals surface area contributed by atoms with E-state index in [1.54, 1.807) is 6.07 Å². The Morgan fingerprint density at radius 1 is 1.32 bits per heavy atom. The van der Waals surface area contributed by atoms with Gasteiger partial charge in [0.1, 0.15) is 0 Å². The molecule has 0 bridgehead atoms. The maximum atomic E-state index is 12.3. The third-order valence-electron chi connectivity index (χ3n) is 3.94. The molecule has 3 rings (SSSR count). The molecule has 0 saturated carbocycles. The van der Waals surface area contributed by atoms with Crippen LogP contribution in [-0.4, -0.2) is 24.5 Å². The van der Waals surface area contributed by atoms with Crippen LogP contribution in [0.3, 0.4) is 0 Å². The lowest BCUT2D eigenvalue weighted by Crippen LogP contribution is -2.34. The second kappa shape index (κ2) is 6.40. The van der Waals surface area contributed by atoms with E-state index < -0.39 is 21.7 Å². The highest BCUT2D eigenvalue weighted by Crippen LogP contribution is 2.29. The molecule has 2 amide bonds. The monoisotopic (exact) mass is 381 g/mol. The minimum Gasteiger partial charge on any atom is -0.385 e. The molecule has 9 heteroatoms. The first kappa shape index (κ1) is 17.8. The molecule has 1 aromatic heterocycles. The standard InChI is InChI=1S/C16H19N3O4S2/c1-16(2,21)13-9-17-15(24-13)25(22,23)19-14(20)18-12-8-4-6-10-5-3-7-11(10)12/h4,6,8-9,21H,3,5,7H2,1-2H3,(H2,18,19,20). The lowest BCUT2D eigenvalue weighted by molar-refractivity contribution is 0.0823. The van der Waals surface area contributed by atoms with Crippen LogP contribution < -0.4 is 10.0 Å². The maximum absolute atomic E-state index is 12.3. The minimum absolute atomic E-state index is 0.266.